The zero-order valence-corrected chi connectivity index (χ0v) is 14.1. The molecule has 0 aromatic heterocycles. The summed E-state index contributed by atoms with van der Waals surface area (Å²) in [6, 6.07) is 9.03. The molecule has 1 heterocycles. The van der Waals surface area contributed by atoms with Gasteiger partial charge in [-0.25, -0.2) is 0 Å². The van der Waals surface area contributed by atoms with Gasteiger partial charge in [-0.05, 0) is 30.2 Å². The van der Waals surface area contributed by atoms with Gasteiger partial charge in [-0.3, -0.25) is 4.90 Å². The Kier molecular flexibility index (Phi) is 6.85. The topological polar surface area (TPSA) is 59.7 Å². The first-order valence-electron chi connectivity index (χ1n) is 8.32. The number of rotatable bonds is 7. The van der Waals surface area contributed by atoms with Crippen LogP contribution in [0, 0.1) is 17.2 Å². The summed E-state index contributed by atoms with van der Waals surface area (Å²) in [6.07, 6.45) is -0.498. The first-order chi connectivity index (χ1) is 11.1. The predicted octanol–water partition coefficient (Wildman–Crippen LogP) is 1.57. The van der Waals surface area contributed by atoms with Gasteiger partial charge >= 0.3 is 0 Å². The fraction of sp³-hybridized carbons (Fsp3) is 0.611. The molecule has 0 spiro atoms. The SMILES string of the molecule is CC(C)CN1CCN(CC(O)COc2ccc(C#N)cc2)CC1. The number of ether oxygens (including phenoxy) is 1. The third-order valence-electron chi connectivity index (χ3n) is 3.98. The molecule has 1 aliphatic heterocycles. The number of nitrogens with zero attached hydrogens (tertiary/aromatic N) is 3. The summed E-state index contributed by atoms with van der Waals surface area (Å²) >= 11 is 0. The summed E-state index contributed by atoms with van der Waals surface area (Å²) < 4.78 is 5.59. The van der Waals surface area contributed by atoms with E-state index in [1.807, 2.05) is 0 Å². The maximum absolute atomic E-state index is 10.1. The number of aliphatic hydroxyl groups is 1. The largest absolute Gasteiger partial charge is 0.491 e. The summed E-state index contributed by atoms with van der Waals surface area (Å²) in [4.78, 5) is 4.78. The highest BCUT2D eigenvalue weighted by molar-refractivity contribution is 5.34. The molecule has 5 nitrogen and oxygen atoms in total. The molecule has 0 radical (unpaired) electrons. The summed E-state index contributed by atoms with van der Waals surface area (Å²) in [7, 11) is 0. The molecule has 1 unspecified atom stereocenters. The van der Waals surface area contributed by atoms with Crippen molar-refractivity contribution in [3.63, 3.8) is 0 Å². The van der Waals surface area contributed by atoms with Crippen molar-refractivity contribution >= 4 is 0 Å². The van der Waals surface area contributed by atoms with E-state index in [1.165, 1.54) is 0 Å². The summed E-state index contributed by atoms with van der Waals surface area (Å²) in [5, 5.41) is 18.9. The molecular formula is C18H27N3O2. The van der Waals surface area contributed by atoms with Crippen LogP contribution < -0.4 is 4.74 Å². The molecule has 1 fully saturated rings. The molecule has 23 heavy (non-hydrogen) atoms. The monoisotopic (exact) mass is 317 g/mol. The van der Waals surface area contributed by atoms with Gasteiger partial charge in [0.15, 0.2) is 0 Å². The fourth-order valence-electron chi connectivity index (χ4n) is 2.84. The number of benzene rings is 1. The number of hydrogen-bond acceptors (Lipinski definition) is 5. The van der Waals surface area contributed by atoms with Crippen molar-refractivity contribution in [2.75, 3.05) is 45.9 Å². The van der Waals surface area contributed by atoms with E-state index in [4.69, 9.17) is 10.00 Å². The van der Waals surface area contributed by atoms with Crippen LogP contribution in [0.5, 0.6) is 5.75 Å². The first kappa shape index (κ1) is 17.7. The van der Waals surface area contributed by atoms with Crippen LogP contribution in [-0.2, 0) is 0 Å². The van der Waals surface area contributed by atoms with Crippen molar-refractivity contribution in [3.05, 3.63) is 29.8 Å². The second-order valence-corrected chi connectivity index (χ2v) is 6.60. The highest BCUT2D eigenvalue weighted by Gasteiger charge is 2.19. The molecule has 2 rings (SSSR count). The summed E-state index contributed by atoms with van der Waals surface area (Å²) in [5.74, 6) is 1.39. The van der Waals surface area contributed by atoms with Crippen molar-refractivity contribution in [1.29, 1.82) is 5.26 Å². The quantitative estimate of drug-likeness (QED) is 0.827. The average molecular weight is 317 g/mol. The molecule has 1 aliphatic rings. The van der Waals surface area contributed by atoms with E-state index in [-0.39, 0.29) is 6.61 Å². The predicted molar refractivity (Wildman–Crippen MR) is 90.4 cm³/mol. The van der Waals surface area contributed by atoms with Gasteiger partial charge < -0.3 is 14.7 Å². The minimum absolute atomic E-state index is 0.276. The van der Waals surface area contributed by atoms with Crippen molar-refractivity contribution in [2.24, 2.45) is 5.92 Å². The maximum atomic E-state index is 10.1. The van der Waals surface area contributed by atoms with Crippen LogP contribution in [-0.4, -0.2) is 66.9 Å². The summed E-state index contributed by atoms with van der Waals surface area (Å²) in [5.41, 5.74) is 0.608. The van der Waals surface area contributed by atoms with Crippen LogP contribution in [0.4, 0.5) is 0 Å². The lowest BCUT2D eigenvalue weighted by molar-refractivity contribution is 0.0440. The molecule has 0 bridgehead atoms. The van der Waals surface area contributed by atoms with Gasteiger partial charge in [0.2, 0.25) is 0 Å². The number of aliphatic hydroxyl groups excluding tert-OH is 1. The van der Waals surface area contributed by atoms with E-state index in [0.29, 0.717) is 23.8 Å². The molecule has 1 aromatic carbocycles. The maximum Gasteiger partial charge on any atom is 0.119 e. The lowest BCUT2D eigenvalue weighted by Crippen LogP contribution is -2.49. The second-order valence-electron chi connectivity index (χ2n) is 6.60. The lowest BCUT2D eigenvalue weighted by atomic mass is 10.2. The third kappa shape index (κ3) is 6.19. The minimum atomic E-state index is -0.498. The molecular weight excluding hydrogens is 290 g/mol. The van der Waals surface area contributed by atoms with Crippen LogP contribution in [0.3, 0.4) is 0 Å². The Labute approximate surface area is 139 Å². The molecule has 1 atom stereocenters. The van der Waals surface area contributed by atoms with Crippen LogP contribution in [0.1, 0.15) is 19.4 Å². The average Bonchev–Trinajstić information content (AvgIpc) is 2.55. The Morgan fingerprint density at radius 3 is 2.17 bits per heavy atom. The van der Waals surface area contributed by atoms with Gasteiger partial charge in [-0.2, -0.15) is 5.26 Å². The van der Waals surface area contributed by atoms with Gasteiger partial charge in [-0.15, -0.1) is 0 Å². The lowest BCUT2D eigenvalue weighted by Gasteiger charge is -2.36. The number of piperazine rings is 1. The van der Waals surface area contributed by atoms with E-state index in [2.05, 4.69) is 29.7 Å². The first-order valence-corrected chi connectivity index (χ1v) is 8.32. The van der Waals surface area contributed by atoms with Crippen LogP contribution in [0.2, 0.25) is 0 Å². The highest BCUT2D eigenvalue weighted by atomic mass is 16.5. The fourth-order valence-corrected chi connectivity index (χ4v) is 2.84. The van der Waals surface area contributed by atoms with Crippen molar-refractivity contribution in [2.45, 2.75) is 20.0 Å². The van der Waals surface area contributed by atoms with Crippen LogP contribution in [0.25, 0.3) is 0 Å². The van der Waals surface area contributed by atoms with E-state index in [1.54, 1.807) is 24.3 Å². The number of nitriles is 1. The van der Waals surface area contributed by atoms with Gasteiger partial charge in [0.1, 0.15) is 18.5 Å². The van der Waals surface area contributed by atoms with Gasteiger partial charge in [0, 0.05) is 39.3 Å². The van der Waals surface area contributed by atoms with E-state index in [9.17, 15) is 5.11 Å². The molecule has 126 valence electrons. The molecule has 0 saturated carbocycles. The minimum Gasteiger partial charge on any atom is -0.491 e. The standard InChI is InChI=1S/C18H27N3O2/c1-15(2)12-20-7-9-21(10-8-20)13-17(22)14-23-18-5-3-16(11-19)4-6-18/h3-6,15,17,22H,7-10,12-14H2,1-2H3. The van der Waals surface area contributed by atoms with Crippen molar-refractivity contribution in [3.8, 4) is 11.8 Å². The van der Waals surface area contributed by atoms with E-state index < -0.39 is 6.10 Å². The Hall–Kier alpha value is -1.61. The molecule has 0 amide bonds. The summed E-state index contributed by atoms with van der Waals surface area (Å²) in [6.45, 7) is 10.7. The normalized spacial score (nSPS) is 17.9. The molecule has 1 saturated heterocycles. The Balaban J connectivity index is 1.67. The zero-order valence-electron chi connectivity index (χ0n) is 14.1. The van der Waals surface area contributed by atoms with Crippen LogP contribution in [0.15, 0.2) is 24.3 Å². The molecule has 1 aromatic rings. The van der Waals surface area contributed by atoms with Crippen LogP contribution >= 0.6 is 0 Å². The highest BCUT2D eigenvalue weighted by Crippen LogP contribution is 2.12. The second kappa shape index (κ2) is 8.88. The molecule has 1 N–H and O–H groups in total. The molecule has 5 heteroatoms. The zero-order chi connectivity index (χ0) is 16.7. The number of hydrogen-bond donors (Lipinski definition) is 1. The Morgan fingerprint density at radius 1 is 1.09 bits per heavy atom. The third-order valence-corrected chi connectivity index (χ3v) is 3.98. The van der Waals surface area contributed by atoms with Gasteiger partial charge in [-0.1, -0.05) is 13.8 Å². The van der Waals surface area contributed by atoms with Crippen molar-refractivity contribution in [1.82, 2.24) is 9.80 Å². The van der Waals surface area contributed by atoms with Crippen molar-refractivity contribution < 1.29 is 9.84 Å². The smallest absolute Gasteiger partial charge is 0.119 e. The van der Waals surface area contributed by atoms with Gasteiger partial charge in [0.05, 0.1) is 11.6 Å². The van der Waals surface area contributed by atoms with E-state index in [0.717, 1.165) is 32.7 Å². The Morgan fingerprint density at radius 2 is 1.65 bits per heavy atom. The Bertz CT molecular complexity index is 502. The van der Waals surface area contributed by atoms with Gasteiger partial charge in [0.25, 0.3) is 0 Å². The molecule has 0 aliphatic carbocycles. The number of β-amino-alcohol motifs (C(OH)–C–C–N with tert-alkyl or cyclic N) is 1. The van der Waals surface area contributed by atoms with E-state index >= 15 is 0 Å².